The highest BCUT2D eigenvalue weighted by Gasteiger charge is 2.28. The molecule has 0 radical (unpaired) electrons. The first-order valence-corrected chi connectivity index (χ1v) is 6.34. The smallest absolute Gasteiger partial charge is 0.311 e. The number of halogens is 1. The second-order valence-corrected chi connectivity index (χ2v) is 4.70. The van der Waals surface area contributed by atoms with Crippen LogP contribution in [0.2, 0.25) is 0 Å². The summed E-state index contributed by atoms with van der Waals surface area (Å²) in [4.78, 5) is 24.9. The van der Waals surface area contributed by atoms with Crippen LogP contribution >= 0.6 is 0 Å². The molecule has 1 aromatic carbocycles. The third kappa shape index (κ3) is 3.10. The van der Waals surface area contributed by atoms with Crippen LogP contribution < -0.4 is 0 Å². The number of likely N-dealkylation sites (tertiary alicyclic amines) is 1. The van der Waals surface area contributed by atoms with Gasteiger partial charge in [-0.15, -0.1) is 0 Å². The second-order valence-electron chi connectivity index (χ2n) is 4.70. The second kappa shape index (κ2) is 5.82. The molecule has 19 heavy (non-hydrogen) atoms. The van der Waals surface area contributed by atoms with Gasteiger partial charge in [0, 0.05) is 25.1 Å². The van der Waals surface area contributed by atoms with E-state index in [1.165, 1.54) is 18.2 Å². The van der Waals surface area contributed by atoms with E-state index in [0.29, 0.717) is 13.1 Å². The van der Waals surface area contributed by atoms with Gasteiger partial charge in [-0.1, -0.05) is 18.2 Å². The fraction of sp³-hybridized carbons (Fsp3) is 0.429. The highest BCUT2D eigenvalue weighted by atomic mass is 19.1. The zero-order chi connectivity index (χ0) is 13.8. The van der Waals surface area contributed by atoms with Crippen molar-refractivity contribution in [3.63, 3.8) is 0 Å². The van der Waals surface area contributed by atoms with E-state index in [2.05, 4.69) is 0 Å². The Hall–Kier alpha value is -1.91. The molecule has 5 heteroatoms. The van der Waals surface area contributed by atoms with Gasteiger partial charge in [-0.25, -0.2) is 4.39 Å². The van der Waals surface area contributed by atoms with Gasteiger partial charge in [0.25, 0.3) is 0 Å². The lowest BCUT2D eigenvalue weighted by molar-refractivity contribution is -0.142. The molecule has 0 bridgehead atoms. The molecule has 1 unspecified atom stereocenters. The van der Waals surface area contributed by atoms with E-state index in [9.17, 15) is 19.1 Å². The van der Waals surface area contributed by atoms with Crippen molar-refractivity contribution in [2.45, 2.75) is 25.2 Å². The summed E-state index contributed by atoms with van der Waals surface area (Å²) < 4.78 is 13.6. The van der Waals surface area contributed by atoms with E-state index >= 15 is 0 Å². The van der Waals surface area contributed by atoms with Gasteiger partial charge < -0.3 is 10.0 Å². The number of benzene rings is 1. The van der Waals surface area contributed by atoms with Gasteiger partial charge in [-0.2, -0.15) is 0 Å². The fourth-order valence-corrected chi connectivity index (χ4v) is 2.36. The minimum absolute atomic E-state index is 0.0718. The van der Waals surface area contributed by atoms with Gasteiger partial charge in [0.15, 0.2) is 0 Å². The number of nitrogens with zero attached hydrogens (tertiary/aromatic N) is 1. The van der Waals surface area contributed by atoms with Crippen LogP contribution in [0.25, 0.3) is 0 Å². The van der Waals surface area contributed by atoms with Crippen LogP contribution in [0.5, 0.6) is 0 Å². The molecule has 2 rings (SSSR count). The van der Waals surface area contributed by atoms with Crippen molar-refractivity contribution in [2.75, 3.05) is 13.1 Å². The standard InChI is InChI=1S/C14H16FNO3/c15-12-6-2-1-5-10(12)11(14(18)19)9-13(17)16-7-3-4-8-16/h1-2,5-6,11H,3-4,7-9H2,(H,18,19). The lowest BCUT2D eigenvalue weighted by Gasteiger charge is -2.19. The van der Waals surface area contributed by atoms with Gasteiger partial charge in [-0.05, 0) is 18.9 Å². The molecule has 1 aliphatic rings. The van der Waals surface area contributed by atoms with Crippen LogP contribution in [0.15, 0.2) is 24.3 Å². The summed E-state index contributed by atoms with van der Waals surface area (Å²) in [6.45, 7) is 1.34. The Balaban J connectivity index is 2.15. The summed E-state index contributed by atoms with van der Waals surface area (Å²) in [7, 11) is 0. The Morgan fingerprint density at radius 3 is 2.47 bits per heavy atom. The van der Waals surface area contributed by atoms with Gasteiger partial charge in [0.1, 0.15) is 5.82 Å². The molecule has 0 aromatic heterocycles. The van der Waals surface area contributed by atoms with Crippen LogP contribution in [0.1, 0.15) is 30.7 Å². The average Bonchev–Trinajstić information content (AvgIpc) is 2.90. The highest BCUT2D eigenvalue weighted by molar-refractivity contribution is 5.85. The Morgan fingerprint density at radius 1 is 1.26 bits per heavy atom. The Morgan fingerprint density at radius 2 is 1.89 bits per heavy atom. The van der Waals surface area contributed by atoms with Crippen LogP contribution in [0.4, 0.5) is 4.39 Å². The van der Waals surface area contributed by atoms with Crippen molar-refractivity contribution >= 4 is 11.9 Å². The van der Waals surface area contributed by atoms with Crippen LogP contribution in [0.3, 0.4) is 0 Å². The average molecular weight is 265 g/mol. The molecule has 1 saturated heterocycles. The molecule has 1 aromatic rings. The topological polar surface area (TPSA) is 57.6 Å². The Labute approximate surface area is 110 Å². The molecular weight excluding hydrogens is 249 g/mol. The quantitative estimate of drug-likeness (QED) is 0.906. The van der Waals surface area contributed by atoms with Gasteiger partial charge in [0.2, 0.25) is 5.91 Å². The summed E-state index contributed by atoms with van der Waals surface area (Å²) in [5.74, 6) is -3.08. The van der Waals surface area contributed by atoms with E-state index in [-0.39, 0.29) is 17.9 Å². The molecular formula is C14H16FNO3. The molecule has 1 fully saturated rings. The molecule has 1 amide bonds. The lowest BCUT2D eigenvalue weighted by atomic mass is 9.95. The zero-order valence-electron chi connectivity index (χ0n) is 10.5. The van der Waals surface area contributed by atoms with Crippen molar-refractivity contribution in [1.82, 2.24) is 4.90 Å². The predicted molar refractivity (Wildman–Crippen MR) is 67.2 cm³/mol. The van der Waals surface area contributed by atoms with Crippen LogP contribution in [-0.4, -0.2) is 35.0 Å². The maximum atomic E-state index is 13.6. The van der Waals surface area contributed by atoms with Crippen LogP contribution in [0, 0.1) is 5.82 Å². The van der Waals surface area contributed by atoms with E-state index in [0.717, 1.165) is 12.8 Å². The number of hydrogen-bond donors (Lipinski definition) is 1. The third-order valence-corrected chi connectivity index (χ3v) is 3.42. The van der Waals surface area contributed by atoms with Gasteiger partial charge in [0.05, 0.1) is 5.92 Å². The lowest BCUT2D eigenvalue weighted by Crippen LogP contribution is -2.30. The number of carbonyl (C=O) groups excluding carboxylic acids is 1. The molecule has 1 atom stereocenters. The number of hydrogen-bond acceptors (Lipinski definition) is 2. The summed E-state index contributed by atoms with van der Waals surface area (Å²) in [5, 5.41) is 9.21. The normalized spacial score (nSPS) is 16.4. The summed E-state index contributed by atoms with van der Waals surface area (Å²) in [6.07, 6.45) is 1.71. The van der Waals surface area contributed by atoms with E-state index in [1.807, 2.05) is 0 Å². The Bertz CT molecular complexity index is 483. The first kappa shape index (κ1) is 13.5. The zero-order valence-corrected chi connectivity index (χ0v) is 10.5. The number of carbonyl (C=O) groups is 2. The fourth-order valence-electron chi connectivity index (χ4n) is 2.36. The number of rotatable bonds is 4. The SMILES string of the molecule is O=C(O)C(CC(=O)N1CCCC1)c1ccccc1F. The number of carboxylic acid groups (broad SMARTS) is 1. The number of aliphatic carboxylic acids is 1. The van der Waals surface area contributed by atoms with E-state index in [4.69, 9.17) is 0 Å². The van der Waals surface area contributed by atoms with E-state index < -0.39 is 17.7 Å². The molecule has 0 aliphatic carbocycles. The maximum absolute atomic E-state index is 13.6. The van der Waals surface area contributed by atoms with Crippen LogP contribution in [-0.2, 0) is 9.59 Å². The van der Waals surface area contributed by atoms with Crippen molar-refractivity contribution < 1.29 is 19.1 Å². The van der Waals surface area contributed by atoms with Gasteiger partial charge >= 0.3 is 5.97 Å². The van der Waals surface area contributed by atoms with Crippen molar-refractivity contribution in [3.8, 4) is 0 Å². The predicted octanol–water partition coefficient (Wildman–Crippen LogP) is 2.01. The molecule has 1 aliphatic heterocycles. The molecule has 1 heterocycles. The third-order valence-electron chi connectivity index (χ3n) is 3.42. The molecule has 0 spiro atoms. The highest BCUT2D eigenvalue weighted by Crippen LogP contribution is 2.24. The molecule has 102 valence electrons. The minimum atomic E-state index is -1.17. The minimum Gasteiger partial charge on any atom is -0.481 e. The summed E-state index contributed by atoms with van der Waals surface area (Å²) in [5.41, 5.74) is 0.0718. The van der Waals surface area contributed by atoms with Crippen molar-refractivity contribution in [1.29, 1.82) is 0 Å². The summed E-state index contributed by atoms with van der Waals surface area (Å²) >= 11 is 0. The first-order valence-electron chi connectivity index (χ1n) is 6.34. The largest absolute Gasteiger partial charge is 0.481 e. The first-order chi connectivity index (χ1) is 9.09. The van der Waals surface area contributed by atoms with Gasteiger partial charge in [-0.3, -0.25) is 9.59 Å². The van der Waals surface area contributed by atoms with E-state index in [1.54, 1.807) is 11.0 Å². The molecule has 4 nitrogen and oxygen atoms in total. The molecule has 1 N–H and O–H groups in total. The number of amides is 1. The maximum Gasteiger partial charge on any atom is 0.311 e. The monoisotopic (exact) mass is 265 g/mol. The van der Waals surface area contributed by atoms with Crippen molar-refractivity contribution in [2.24, 2.45) is 0 Å². The summed E-state index contributed by atoms with van der Waals surface area (Å²) in [6, 6.07) is 5.71. The molecule has 0 saturated carbocycles. The number of carboxylic acids is 1. The Kier molecular flexibility index (Phi) is 4.14. The van der Waals surface area contributed by atoms with Crippen molar-refractivity contribution in [3.05, 3.63) is 35.6 Å².